The van der Waals surface area contributed by atoms with Crippen molar-refractivity contribution in [2.75, 3.05) is 0 Å². The van der Waals surface area contributed by atoms with Crippen LogP contribution in [0, 0.1) is 6.92 Å². The summed E-state index contributed by atoms with van der Waals surface area (Å²) in [5.74, 6) is 0.874. The summed E-state index contributed by atoms with van der Waals surface area (Å²) in [6.45, 7) is 4.16. The van der Waals surface area contributed by atoms with E-state index in [1.807, 2.05) is 6.20 Å². The van der Waals surface area contributed by atoms with E-state index in [9.17, 15) is 0 Å². The van der Waals surface area contributed by atoms with Crippen molar-refractivity contribution < 1.29 is 0 Å². The van der Waals surface area contributed by atoms with Crippen LogP contribution in [0.15, 0.2) is 18.3 Å². The Bertz CT molecular complexity index is 444. The molecule has 4 heteroatoms. The van der Waals surface area contributed by atoms with Gasteiger partial charge in [0.25, 0.3) is 0 Å². The highest BCUT2D eigenvalue weighted by Crippen LogP contribution is 2.26. The van der Waals surface area contributed by atoms with Crippen LogP contribution in [-0.4, -0.2) is 9.97 Å². The van der Waals surface area contributed by atoms with Gasteiger partial charge in [-0.2, -0.15) is 0 Å². The third-order valence-corrected chi connectivity index (χ3v) is 3.43. The van der Waals surface area contributed by atoms with Crippen LogP contribution >= 0.6 is 11.3 Å². The van der Waals surface area contributed by atoms with Gasteiger partial charge in [0.2, 0.25) is 0 Å². The van der Waals surface area contributed by atoms with Crippen LogP contribution in [-0.2, 0) is 0 Å². The number of nitrogens with one attached hydrogen (secondary N) is 1. The largest absolute Gasteiger partial charge is 0.340 e. The van der Waals surface area contributed by atoms with E-state index in [1.165, 1.54) is 9.75 Å². The Morgan fingerprint density at radius 3 is 2.93 bits per heavy atom. The van der Waals surface area contributed by atoms with Crippen LogP contribution in [0.5, 0.6) is 0 Å². The summed E-state index contributed by atoms with van der Waals surface area (Å²) in [4.78, 5) is 10.1. The van der Waals surface area contributed by atoms with Crippen molar-refractivity contribution in [2.45, 2.75) is 26.3 Å². The lowest BCUT2D eigenvalue weighted by Crippen LogP contribution is -2.10. The van der Waals surface area contributed by atoms with Gasteiger partial charge in [0.15, 0.2) is 0 Å². The van der Waals surface area contributed by atoms with Gasteiger partial charge >= 0.3 is 0 Å². The average Bonchev–Trinajstić information content (AvgIpc) is 2.84. The summed E-state index contributed by atoms with van der Waals surface area (Å²) in [5.41, 5.74) is 6.96. The van der Waals surface area contributed by atoms with Gasteiger partial charge in [-0.05, 0) is 25.5 Å². The normalized spacial score (nSPS) is 13.0. The first-order valence-corrected chi connectivity index (χ1v) is 5.89. The van der Waals surface area contributed by atoms with Gasteiger partial charge in [0, 0.05) is 4.88 Å². The maximum absolute atomic E-state index is 5.90. The molecule has 15 heavy (non-hydrogen) atoms. The smallest absolute Gasteiger partial charge is 0.123 e. The Morgan fingerprint density at radius 1 is 1.53 bits per heavy atom. The Morgan fingerprint density at radius 2 is 2.33 bits per heavy atom. The molecule has 0 saturated heterocycles. The molecule has 0 aromatic carbocycles. The van der Waals surface area contributed by atoms with E-state index in [0.717, 1.165) is 17.9 Å². The van der Waals surface area contributed by atoms with Crippen LogP contribution in [0.3, 0.4) is 0 Å². The zero-order valence-corrected chi connectivity index (χ0v) is 9.77. The number of aromatic amines is 1. The van der Waals surface area contributed by atoms with Crippen molar-refractivity contribution in [3.8, 4) is 10.6 Å². The minimum Gasteiger partial charge on any atom is -0.340 e. The van der Waals surface area contributed by atoms with Crippen molar-refractivity contribution in [1.29, 1.82) is 0 Å². The number of imidazole rings is 1. The summed E-state index contributed by atoms with van der Waals surface area (Å²) in [5, 5.41) is 0. The molecule has 0 radical (unpaired) electrons. The van der Waals surface area contributed by atoms with Crippen LogP contribution < -0.4 is 5.73 Å². The lowest BCUT2D eigenvalue weighted by molar-refractivity contribution is 0.658. The van der Waals surface area contributed by atoms with Crippen LogP contribution in [0.4, 0.5) is 0 Å². The molecule has 0 bridgehead atoms. The topological polar surface area (TPSA) is 54.7 Å². The van der Waals surface area contributed by atoms with E-state index in [2.05, 4.69) is 35.9 Å². The third kappa shape index (κ3) is 2.11. The Kier molecular flexibility index (Phi) is 2.88. The van der Waals surface area contributed by atoms with Crippen molar-refractivity contribution in [3.05, 3.63) is 29.0 Å². The molecule has 0 aliphatic carbocycles. The van der Waals surface area contributed by atoms with Gasteiger partial charge in [-0.1, -0.05) is 6.92 Å². The number of thiophene rings is 1. The second-order valence-electron chi connectivity index (χ2n) is 3.61. The van der Waals surface area contributed by atoms with Crippen LogP contribution in [0.2, 0.25) is 0 Å². The fourth-order valence-corrected chi connectivity index (χ4v) is 2.26. The molecule has 2 heterocycles. The second-order valence-corrected chi connectivity index (χ2v) is 4.90. The van der Waals surface area contributed by atoms with E-state index in [1.54, 1.807) is 11.3 Å². The first kappa shape index (κ1) is 10.4. The zero-order chi connectivity index (χ0) is 10.8. The summed E-state index contributed by atoms with van der Waals surface area (Å²) in [6, 6.07) is 4.23. The molecule has 0 spiro atoms. The van der Waals surface area contributed by atoms with Gasteiger partial charge in [-0.3, -0.25) is 0 Å². The Labute approximate surface area is 93.4 Å². The summed E-state index contributed by atoms with van der Waals surface area (Å²) >= 11 is 1.76. The summed E-state index contributed by atoms with van der Waals surface area (Å²) in [7, 11) is 0. The predicted molar refractivity (Wildman–Crippen MR) is 63.9 cm³/mol. The van der Waals surface area contributed by atoms with Crippen molar-refractivity contribution in [2.24, 2.45) is 5.73 Å². The molecule has 2 rings (SSSR count). The van der Waals surface area contributed by atoms with Gasteiger partial charge < -0.3 is 10.7 Å². The van der Waals surface area contributed by atoms with Crippen molar-refractivity contribution >= 4 is 11.3 Å². The van der Waals surface area contributed by atoms with Gasteiger partial charge in [0.1, 0.15) is 5.82 Å². The van der Waals surface area contributed by atoms with Crippen LogP contribution in [0.25, 0.3) is 10.6 Å². The van der Waals surface area contributed by atoms with Gasteiger partial charge in [0.05, 0.1) is 22.8 Å². The molecule has 0 saturated carbocycles. The standard InChI is InChI=1S/C11H15N3S/c1-3-8(12)11-13-6-9(14-11)10-5-4-7(2)15-10/h4-6,8H,3,12H2,1-2H3,(H,13,14). The molecule has 80 valence electrons. The molecular formula is C11H15N3S. The minimum atomic E-state index is 0.0137. The zero-order valence-electron chi connectivity index (χ0n) is 8.95. The summed E-state index contributed by atoms with van der Waals surface area (Å²) < 4.78 is 0. The molecule has 1 unspecified atom stereocenters. The van der Waals surface area contributed by atoms with Crippen molar-refractivity contribution in [3.63, 3.8) is 0 Å². The summed E-state index contributed by atoms with van der Waals surface area (Å²) in [6.07, 6.45) is 2.76. The lowest BCUT2D eigenvalue weighted by atomic mass is 10.2. The molecule has 0 aliphatic rings. The van der Waals surface area contributed by atoms with Gasteiger partial charge in [-0.25, -0.2) is 4.98 Å². The van der Waals surface area contributed by atoms with Gasteiger partial charge in [-0.15, -0.1) is 11.3 Å². The highest BCUT2D eigenvalue weighted by molar-refractivity contribution is 7.15. The van der Waals surface area contributed by atoms with E-state index >= 15 is 0 Å². The molecule has 1 atom stereocenters. The number of rotatable bonds is 3. The highest BCUT2D eigenvalue weighted by atomic mass is 32.1. The minimum absolute atomic E-state index is 0.0137. The number of aryl methyl sites for hydroxylation is 1. The monoisotopic (exact) mass is 221 g/mol. The first-order valence-electron chi connectivity index (χ1n) is 5.08. The highest BCUT2D eigenvalue weighted by Gasteiger charge is 2.09. The Balaban J connectivity index is 2.27. The number of hydrogen-bond acceptors (Lipinski definition) is 3. The predicted octanol–water partition coefficient (Wildman–Crippen LogP) is 2.86. The average molecular weight is 221 g/mol. The molecule has 0 fully saturated rings. The van der Waals surface area contributed by atoms with Crippen molar-refractivity contribution in [1.82, 2.24) is 9.97 Å². The maximum atomic E-state index is 5.90. The fourth-order valence-electron chi connectivity index (χ4n) is 1.42. The maximum Gasteiger partial charge on any atom is 0.123 e. The van der Waals surface area contributed by atoms with E-state index in [-0.39, 0.29) is 6.04 Å². The second kappa shape index (κ2) is 4.16. The molecular weight excluding hydrogens is 206 g/mol. The Hall–Kier alpha value is -1.13. The van der Waals surface area contributed by atoms with E-state index in [0.29, 0.717) is 0 Å². The molecule has 3 nitrogen and oxygen atoms in total. The number of nitrogens with zero attached hydrogens (tertiary/aromatic N) is 1. The molecule has 3 N–H and O–H groups in total. The molecule has 0 aliphatic heterocycles. The lowest BCUT2D eigenvalue weighted by Gasteiger charge is -2.02. The number of H-pyrrole nitrogens is 1. The van der Waals surface area contributed by atoms with E-state index < -0.39 is 0 Å². The molecule has 0 amide bonds. The van der Waals surface area contributed by atoms with E-state index in [4.69, 9.17) is 5.73 Å². The quantitative estimate of drug-likeness (QED) is 0.837. The molecule has 2 aromatic rings. The number of nitrogens with two attached hydrogens (primary N) is 1. The van der Waals surface area contributed by atoms with Crippen LogP contribution in [0.1, 0.15) is 30.1 Å². The number of aromatic nitrogens is 2. The fraction of sp³-hybridized carbons (Fsp3) is 0.364. The number of hydrogen-bond donors (Lipinski definition) is 2. The SMILES string of the molecule is CCC(N)c1ncc(-c2ccc(C)s2)[nH]1. The third-order valence-electron chi connectivity index (χ3n) is 2.39. The molecule has 2 aromatic heterocycles. The first-order chi connectivity index (χ1) is 7.20.